The number of fused-ring (bicyclic) bond motifs is 2. The molecular formula is C19H21NO. The van der Waals surface area contributed by atoms with Gasteiger partial charge in [-0.05, 0) is 47.6 Å². The molecule has 1 atom stereocenters. The van der Waals surface area contributed by atoms with Gasteiger partial charge < -0.3 is 10.1 Å². The van der Waals surface area contributed by atoms with Crippen LogP contribution in [0.25, 0.3) is 0 Å². The summed E-state index contributed by atoms with van der Waals surface area (Å²) >= 11 is 0. The first-order valence-electron chi connectivity index (χ1n) is 7.94. The Morgan fingerprint density at radius 3 is 2.86 bits per heavy atom. The topological polar surface area (TPSA) is 21.3 Å². The smallest absolute Gasteiger partial charge is 0.123 e. The second-order valence-electron chi connectivity index (χ2n) is 6.14. The Bertz CT molecular complexity index is 625. The summed E-state index contributed by atoms with van der Waals surface area (Å²) in [5.74, 6) is 1.06. The first-order valence-corrected chi connectivity index (χ1v) is 7.94. The zero-order valence-corrected chi connectivity index (χ0v) is 12.3. The molecule has 0 saturated heterocycles. The summed E-state index contributed by atoms with van der Waals surface area (Å²) in [6.45, 7) is 1.84. The Hall–Kier alpha value is -1.80. The van der Waals surface area contributed by atoms with Crippen LogP contribution in [0.4, 0.5) is 0 Å². The van der Waals surface area contributed by atoms with Crippen LogP contribution in [0.5, 0.6) is 5.75 Å². The minimum atomic E-state index is 0.275. The van der Waals surface area contributed by atoms with Gasteiger partial charge in [0.25, 0.3) is 0 Å². The Labute approximate surface area is 126 Å². The molecule has 1 N–H and O–H groups in total. The van der Waals surface area contributed by atoms with E-state index in [0.717, 1.165) is 25.3 Å². The molecule has 0 aromatic heterocycles. The van der Waals surface area contributed by atoms with Crippen molar-refractivity contribution in [2.75, 3.05) is 6.54 Å². The average Bonchev–Trinajstić information content (AvgIpc) is 3.12. The zero-order valence-electron chi connectivity index (χ0n) is 12.3. The van der Waals surface area contributed by atoms with Crippen molar-refractivity contribution in [3.05, 3.63) is 64.7 Å². The van der Waals surface area contributed by atoms with Gasteiger partial charge in [-0.2, -0.15) is 0 Å². The number of para-hydroxylation sites is 1. The highest BCUT2D eigenvalue weighted by molar-refractivity contribution is 5.37. The van der Waals surface area contributed by atoms with E-state index >= 15 is 0 Å². The van der Waals surface area contributed by atoms with Crippen LogP contribution >= 0.6 is 0 Å². The molecule has 2 heteroatoms. The van der Waals surface area contributed by atoms with Gasteiger partial charge in [0.1, 0.15) is 11.9 Å². The number of aryl methyl sites for hydroxylation is 2. The highest BCUT2D eigenvalue weighted by atomic mass is 16.5. The maximum atomic E-state index is 5.96. The van der Waals surface area contributed by atoms with E-state index in [4.69, 9.17) is 4.74 Å². The number of rotatable bonds is 4. The van der Waals surface area contributed by atoms with Gasteiger partial charge in [-0.25, -0.2) is 0 Å². The molecule has 108 valence electrons. The molecular weight excluding hydrogens is 258 g/mol. The van der Waals surface area contributed by atoms with Crippen LogP contribution < -0.4 is 10.1 Å². The lowest BCUT2D eigenvalue weighted by Gasteiger charge is -2.12. The Morgan fingerprint density at radius 2 is 1.90 bits per heavy atom. The fraction of sp³-hybridized carbons (Fsp3) is 0.368. The largest absolute Gasteiger partial charge is 0.488 e. The summed E-state index contributed by atoms with van der Waals surface area (Å²) in [5.41, 5.74) is 5.83. The molecule has 0 spiro atoms. The van der Waals surface area contributed by atoms with Gasteiger partial charge in [-0.1, -0.05) is 36.4 Å². The molecule has 1 aliphatic heterocycles. The molecule has 1 aliphatic carbocycles. The number of hydrogen-bond donors (Lipinski definition) is 1. The average molecular weight is 279 g/mol. The quantitative estimate of drug-likeness (QED) is 0.927. The predicted octanol–water partition coefficient (Wildman–Crippen LogP) is 3.27. The number of hydrogen-bond acceptors (Lipinski definition) is 2. The van der Waals surface area contributed by atoms with Crippen molar-refractivity contribution in [2.24, 2.45) is 0 Å². The van der Waals surface area contributed by atoms with E-state index < -0.39 is 0 Å². The van der Waals surface area contributed by atoms with Crippen LogP contribution in [-0.2, 0) is 25.8 Å². The fourth-order valence-corrected chi connectivity index (χ4v) is 3.48. The molecule has 0 bridgehead atoms. The molecule has 4 rings (SSSR count). The molecule has 2 nitrogen and oxygen atoms in total. The third-order valence-electron chi connectivity index (χ3n) is 4.58. The summed E-state index contributed by atoms with van der Waals surface area (Å²) < 4.78 is 5.96. The van der Waals surface area contributed by atoms with Crippen molar-refractivity contribution in [1.82, 2.24) is 5.32 Å². The summed E-state index contributed by atoms with van der Waals surface area (Å²) in [6.07, 6.45) is 5.13. The second-order valence-corrected chi connectivity index (χ2v) is 6.14. The summed E-state index contributed by atoms with van der Waals surface area (Å²) in [4.78, 5) is 0. The van der Waals surface area contributed by atoms with Crippen LogP contribution in [0.3, 0.4) is 0 Å². The third-order valence-corrected chi connectivity index (χ3v) is 4.58. The van der Waals surface area contributed by atoms with Gasteiger partial charge in [-0.15, -0.1) is 0 Å². The maximum absolute atomic E-state index is 5.96. The van der Waals surface area contributed by atoms with E-state index in [1.807, 2.05) is 6.07 Å². The van der Waals surface area contributed by atoms with Crippen molar-refractivity contribution >= 4 is 0 Å². The van der Waals surface area contributed by atoms with Crippen molar-refractivity contribution < 1.29 is 4.74 Å². The van der Waals surface area contributed by atoms with Gasteiger partial charge in [0.05, 0.1) is 0 Å². The molecule has 2 aromatic carbocycles. The highest BCUT2D eigenvalue weighted by Gasteiger charge is 2.21. The van der Waals surface area contributed by atoms with Crippen molar-refractivity contribution in [2.45, 2.75) is 38.3 Å². The lowest BCUT2D eigenvalue weighted by molar-refractivity contribution is 0.227. The summed E-state index contributed by atoms with van der Waals surface area (Å²) in [5, 5.41) is 3.54. The van der Waals surface area contributed by atoms with E-state index in [1.54, 1.807) is 11.1 Å². The Balaban J connectivity index is 1.31. The minimum absolute atomic E-state index is 0.275. The molecule has 0 fully saturated rings. The predicted molar refractivity (Wildman–Crippen MR) is 84.7 cm³/mol. The van der Waals surface area contributed by atoms with Crippen LogP contribution in [0.15, 0.2) is 42.5 Å². The monoisotopic (exact) mass is 279 g/mol. The van der Waals surface area contributed by atoms with Gasteiger partial charge >= 0.3 is 0 Å². The van der Waals surface area contributed by atoms with E-state index in [1.165, 1.54) is 30.4 Å². The van der Waals surface area contributed by atoms with Gasteiger partial charge in [0.2, 0.25) is 0 Å². The minimum Gasteiger partial charge on any atom is -0.488 e. The standard InChI is InChI=1S/C19H21NO/c1-2-7-19-17(4-1)11-18(21-19)13-20-12-14-8-9-15-5-3-6-16(15)10-14/h1-2,4,7-10,18,20H,3,5-6,11-13H2. The number of ether oxygens (including phenoxy) is 1. The van der Waals surface area contributed by atoms with Crippen molar-refractivity contribution in [3.8, 4) is 5.75 Å². The molecule has 2 aliphatic rings. The lowest BCUT2D eigenvalue weighted by atomic mass is 10.1. The first kappa shape index (κ1) is 12.9. The lowest BCUT2D eigenvalue weighted by Crippen LogP contribution is -2.29. The normalized spacial score (nSPS) is 19.1. The van der Waals surface area contributed by atoms with Crippen LogP contribution in [0, 0.1) is 0 Å². The molecule has 0 amide bonds. The summed E-state index contributed by atoms with van der Waals surface area (Å²) in [6, 6.07) is 15.3. The molecule has 2 aromatic rings. The van der Waals surface area contributed by atoms with Gasteiger partial charge in [0.15, 0.2) is 0 Å². The fourth-order valence-electron chi connectivity index (χ4n) is 3.48. The molecule has 1 unspecified atom stereocenters. The molecule has 1 heterocycles. The Kier molecular flexibility index (Phi) is 3.40. The van der Waals surface area contributed by atoms with E-state index in [2.05, 4.69) is 41.7 Å². The first-order chi connectivity index (χ1) is 10.4. The van der Waals surface area contributed by atoms with Crippen LogP contribution in [0.2, 0.25) is 0 Å². The van der Waals surface area contributed by atoms with E-state index in [-0.39, 0.29) is 6.10 Å². The summed E-state index contributed by atoms with van der Waals surface area (Å²) in [7, 11) is 0. The molecule has 0 saturated carbocycles. The van der Waals surface area contributed by atoms with Gasteiger partial charge in [0, 0.05) is 19.5 Å². The number of nitrogens with one attached hydrogen (secondary N) is 1. The second kappa shape index (κ2) is 5.53. The highest BCUT2D eigenvalue weighted by Crippen LogP contribution is 2.28. The Morgan fingerprint density at radius 1 is 1.00 bits per heavy atom. The van der Waals surface area contributed by atoms with E-state index in [0.29, 0.717) is 0 Å². The van der Waals surface area contributed by atoms with Crippen molar-refractivity contribution in [3.63, 3.8) is 0 Å². The van der Waals surface area contributed by atoms with Crippen molar-refractivity contribution in [1.29, 1.82) is 0 Å². The van der Waals surface area contributed by atoms with Gasteiger partial charge in [-0.3, -0.25) is 0 Å². The molecule has 21 heavy (non-hydrogen) atoms. The van der Waals surface area contributed by atoms with Crippen LogP contribution in [-0.4, -0.2) is 12.6 Å². The maximum Gasteiger partial charge on any atom is 0.123 e. The molecule has 0 radical (unpaired) electrons. The third kappa shape index (κ3) is 2.68. The number of benzene rings is 2. The van der Waals surface area contributed by atoms with Crippen LogP contribution in [0.1, 0.15) is 28.7 Å². The SMILES string of the molecule is c1ccc2c(c1)CC(CNCc1ccc3c(c1)CCC3)O2. The zero-order chi connectivity index (χ0) is 14.1. The van der Waals surface area contributed by atoms with E-state index in [9.17, 15) is 0 Å².